The van der Waals surface area contributed by atoms with Crippen molar-refractivity contribution in [2.45, 2.75) is 4.83 Å². The third-order valence-electron chi connectivity index (χ3n) is 2.04. The van der Waals surface area contributed by atoms with E-state index in [9.17, 15) is 0 Å². The first-order valence-corrected chi connectivity index (χ1v) is 6.21. The molecule has 2 rings (SSSR count). The van der Waals surface area contributed by atoms with Gasteiger partial charge in [-0.1, -0.05) is 39.1 Å². The van der Waals surface area contributed by atoms with Crippen LogP contribution in [0, 0.1) is 0 Å². The topological polar surface area (TPSA) is 25.8 Å². The summed E-state index contributed by atoms with van der Waals surface area (Å²) < 4.78 is 0. The molecule has 0 amide bonds. The average molecular weight is 318 g/mol. The molecule has 0 aromatic carbocycles. The minimum atomic E-state index is -0.126. The Bertz CT molecular complexity index is 488. The lowest BCUT2D eigenvalue weighted by atomic mass is 10.2. The summed E-state index contributed by atoms with van der Waals surface area (Å²) in [7, 11) is 0. The maximum Gasteiger partial charge on any atom is 0.100 e. The van der Waals surface area contributed by atoms with Gasteiger partial charge >= 0.3 is 0 Å². The predicted molar refractivity (Wildman–Crippen MR) is 69.3 cm³/mol. The molecule has 1 atom stereocenters. The standard InChI is InChI=1S/C11H7BrCl2N2/c12-10(9-4-3-7(13)6-16-9)11-8(14)2-1-5-15-11/h1-6,10H. The summed E-state index contributed by atoms with van der Waals surface area (Å²) in [5.41, 5.74) is 1.57. The van der Waals surface area contributed by atoms with Crippen molar-refractivity contribution in [1.82, 2.24) is 9.97 Å². The van der Waals surface area contributed by atoms with Gasteiger partial charge in [0, 0.05) is 12.4 Å². The minimum absolute atomic E-state index is 0.126. The molecule has 0 aliphatic heterocycles. The highest BCUT2D eigenvalue weighted by atomic mass is 79.9. The molecular formula is C11H7BrCl2N2. The zero-order valence-electron chi connectivity index (χ0n) is 8.07. The van der Waals surface area contributed by atoms with Crippen molar-refractivity contribution in [3.8, 4) is 0 Å². The Morgan fingerprint density at radius 1 is 1.12 bits per heavy atom. The van der Waals surface area contributed by atoms with Crippen molar-refractivity contribution >= 4 is 39.1 Å². The van der Waals surface area contributed by atoms with Crippen LogP contribution in [0.1, 0.15) is 16.2 Å². The minimum Gasteiger partial charge on any atom is -0.258 e. The Labute approximate surface area is 112 Å². The van der Waals surface area contributed by atoms with Crippen molar-refractivity contribution < 1.29 is 0 Å². The second-order valence-corrected chi connectivity index (χ2v) is 4.89. The number of nitrogens with zero attached hydrogens (tertiary/aromatic N) is 2. The molecule has 0 aliphatic rings. The predicted octanol–water partition coefficient (Wildman–Crippen LogP) is 4.27. The van der Waals surface area contributed by atoms with Gasteiger partial charge in [0.15, 0.2) is 0 Å². The van der Waals surface area contributed by atoms with Gasteiger partial charge in [0.05, 0.1) is 21.4 Å². The van der Waals surface area contributed by atoms with E-state index in [4.69, 9.17) is 23.2 Å². The summed E-state index contributed by atoms with van der Waals surface area (Å²) in [6.07, 6.45) is 3.30. The van der Waals surface area contributed by atoms with Crippen LogP contribution in [0.4, 0.5) is 0 Å². The van der Waals surface area contributed by atoms with Crippen molar-refractivity contribution in [2.24, 2.45) is 0 Å². The molecule has 16 heavy (non-hydrogen) atoms. The molecule has 0 aliphatic carbocycles. The van der Waals surface area contributed by atoms with E-state index in [0.29, 0.717) is 10.0 Å². The molecule has 2 aromatic rings. The fourth-order valence-electron chi connectivity index (χ4n) is 1.26. The van der Waals surface area contributed by atoms with Gasteiger partial charge in [0.25, 0.3) is 0 Å². The Balaban J connectivity index is 2.35. The monoisotopic (exact) mass is 316 g/mol. The van der Waals surface area contributed by atoms with Crippen LogP contribution in [0.25, 0.3) is 0 Å². The van der Waals surface area contributed by atoms with E-state index < -0.39 is 0 Å². The van der Waals surface area contributed by atoms with E-state index in [1.54, 1.807) is 30.6 Å². The molecular weight excluding hydrogens is 311 g/mol. The number of alkyl halides is 1. The number of hydrogen-bond acceptors (Lipinski definition) is 2. The van der Waals surface area contributed by atoms with Gasteiger partial charge in [-0.25, -0.2) is 0 Å². The lowest BCUT2D eigenvalue weighted by Crippen LogP contribution is -1.99. The van der Waals surface area contributed by atoms with Gasteiger partial charge in [-0.3, -0.25) is 9.97 Å². The van der Waals surface area contributed by atoms with Gasteiger partial charge in [0.1, 0.15) is 4.83 Å². The van der Waals surface area contributed by atoms with E-state index in [2.05, 4.69) is 25.9 Å². The Kier molecular flexibility index (Phi) is 3.79. The molecule has 0 fully saturated rings. The maximum atomic E-state index is 6.05. The summed E-state index contributed by atoms with van der Waals surface area (Å²) in [6.45, 7) is 0. The smallest absolute Gasteiger partial charge is 0.100 e. The van der Waals surface area contributed by atoms with Crippen LogP contribution in [-0.4, -0.2) is 9.97 Å². The Morgan fingerprint density at radius 2 is 1.94 bits per heavy atom. The van der Waals surface area contributed by atoms with E-state index in [-0.39, 0.29) is 4.83 Å². The summed E-state index contributed by atoms with van der Waals surface area (Å²) >= 11 is 15.3. The molecule has 2 heterocycles. The summed E-state index contributed by atoms with van der Waals surface area (Å²) in [5, 5.41) is 1.22. The second-order valence-electron chi connectivity index (χ2n) is 3.13. The van der Waals surface area contributed by atoms with Gasteiger partial charge in [-0.15, -0.1) is 0 Å². The number of halogens is 3. The largest absolute Gasteiger partial charge is 0.258 e. The molecule has 82 valence electrons. The Morgan fingerprint density at radius 3 is 2.56 bits per heavy atom. The maximum absolute atomic E-state index is 6.05. The molecule has 1 unspecified atom stereocenters. The quantitative estimate of drug-likeness (QED) is 0.773. The van der Waals surface area contributed by atoms with Crippen LogP contribution in [0.2, 0.25) is 10.0 Å². The molecule has 0 bridgehead atoms. The van der Waals surface area contributed by atoms with E-state index in [1.807, 2.05) is 6.07 Å². The van der Waals surface area contributed by atoms with Crippen LogP contribution >= 0.6 is 39.1 Å². The number of pyridine rings is 2. The first-order chi connectivity index (χ1) is 7.68. The second kappa shape index (κ2) is 5.13. The first kappa shape index (κ1) is 11.8. The lowest BCUT2D eigenvalue weighted by Gasteiger charge is -2.09. The average Bonchev–Trinajstić information content (AvgIpc) is 2.30. The molecule has 0 saturated heterocycles. The zero-order valence-corrected chi connectivity index (χ0v) is 11.2. The zero-order chi connectivity index (χ0) is 11.5. The SMILES string of the molecule is Clc1ccc(C(Br)c2ncccc2Cl)nc1. The molecule has 2 nitrogen and oxygen atoms in total. The van der Waals surface area contributed by atoms with Gasteiger partial charge in [-0.2, -0.15) is 0 Å². The van der Waals surface area contributed by atoms with Crippen LogP contribution in [-0.2, 0) is 0 Å². The molecule has 5 heteroatoms. The highest BCUT2D eigenvalue weighted by molar-refractivity contribution is 9.09. The third-order valence-corrected chi connectivity index (χ3v) is 3.48. The lowest BCUT2D eigenvalue weighted by molar-refractivity contribution is 1.00. The Hall–Kier alpha value is -0.640. The highest BCUT2D eigenvalue weighted by Gasteiger charge is 2.15. The fraction of sp³-hybridized carbons (Fsp3) is 0.0909. The molecule has 2 aromatic heterocycles. The number of aromatic nitrogens is 2. The summed E-state index contributed by atoms with van der Waals surface area (Å²) in [4.78, 5) is 8.32. The van der Waals surface area contributed by atoms with Gasteiger partial charge in [0.2, 0.25) is 0 Å². The van der Waals surface area contributed by atoms with Crippen LogP contribution in [0.3, 0.4) is 0 Å². The summed E-state index contributed by atoms with van der Waals surface area (Å²) in [6, 6.07) is 7.22. The third kappa shape index (κ3) is 2.54. The van der Waals surface area contributed by atoms with E-state index in [0.717, 1.165) is 11.4 Å². The van der Waals surface area contributed by atoms with Crippen LogP contribution in [0.15, 0.2) is 36.7 Å². The van der Waals surface area contributed by atoms with Crippen molar-refractivity contribution in [2.75, 3.05) is 0 Å². The molecule has 0 N–H and O–H groups in total. The van der Waals surface area contributed by atoms with Crippen molar-refractivity contribution in [1.29, 1.82) is 0 Å². The molecule has 0 radical (unpaired) electrons. The van der Waals surface area contributed by atoms with Crippen molar-refractivity contribution in [3.05, 3.63) is 58.1 Å². The van der Waals surface area contributed by atoms with Gasteiger partial charge in [-0.05, 0) is 24.3 Å². The van der Waals surface area contributed by atoms with E-state index >= 15 is 0 Å². The molecule has 0 spiro atoms. The summed E-state index contributed by atoms with van der Waals surface area (Å²) in [5.74, 6) is 0. The number of hydrogen-bond donors (Lipinski definition) is 0. The van der Waals surface area contributed by atoms with E-state index in [1.165, 1.54) is 0 Å². The van der Waals surface area contributed by atoms with Crippen LogP contribution < -0.4 is 0 Å². The fourth-order valence-corrected chi connectivity index (χ4v) is 2.37. The normalized spacial score (nSPS) is 12.4. The molecule has 0 saturated carbocycles. The first-order valence-electron chi connectivity index (χ1n) is 4.54. The van der Waals surface area contributed by atoms with Crippen molar-refractivity contribution in [3.63, 3.8) is 0 Å². The van der Waals surface area contributed by atoms with Crippen LogP contribution in [0.5, 0.6) is 0 Å². The number of rotatable bonds is 2. The van der Waals surface area contributed by atoms with Gasteiger partial charge < -0.3 is 0 Å². The highest BCUT2D eigenvalue weighted by Crippen LogP contribution is 2.32.